The van der Waals surface area contributed by atoms with Crippen LogP contribution in [0, 0.1) is 0 Å². The normalized spacial score (nSPS) is 11.3. The molecule has 0 atom stereocenters. The van der Waals surface area contributed by atoms with Gasteiger partial charge in [0, 0.05) is 44.2 Å². The summed E-state index contributed by atoms with van der Waals surface area (Å²) in [6.45, 7) is 0. The average molecular weight is 706 g/mol. The van der Waals surface area contributed by atoms with Crippen LogP contribution in [0.5, 0.6) is 0 Å². The summed E-state index contributed by atoms with van der Waals surface area (Å²) in [5.41, 5.74) is 11.0. The number of nitrogens with zero attached hydrogens (tertiary/aromatic N) is 5. The van der Waals surface area contributed by atoms with Crippen molar-refractivity contribution in [3.8, 4) is 79.2 Å². The van der Waals surface area contributed by atoms with Gasteiger partial charge in [0.1, 0.15) is 11.2 Å². The van der Waals surface area contributed by atoms with E-state index in [1.807, 2.05) is 103 Å². The second-order valence-corrected chi connectivity index (χ2v) is 13.3. The molecule has 55 heavy (non-hydrogen) atoms. The molecule has 3 aromatic heterocycles. The van der Waals surface area contributed by atoms with Crippen molar-refractivity contribution in [3.63, 3.8) is 0 Å². The third-order valence-electron chi connectivity index (χ3n) is 9.77. The lowest BCUT2D eigenvalue weighted by atomic mass is 10.0. The van der Waals surface area contributed by atoms with Gasteiger partial charge < -0.3 is 4.42 Å². The monoisotopic (exact) mass is 705 g/mol. The molecule has 6 heteroatoms. The molecule has 3 heterocycles. The fourth-order valence-corrected chi connectivity index (χ4v) is 6.96. The molecule has 0 saturated carbocycles. The SMILES string of the molecule is c1ccc(-c2ccc(-c3cc(-c4ccc5c(c4)oc4ccccc45)nc(-c4cccc(-c5nc(-c6ccccc6)nc(-c6ccccc6)n5)c4)n3)cc2)cc1. The second-order valence-electron chi connectivity index (χ2n) is 13.3. The Morgan fingerprint density at radius 3 is 1.33 bits per heavy atom. The van der Waals surface area contributed by atoms with Crippen LogP contribution in [0.4, 0.5) is 0 Å². The largest absolute Gasteiger partial charge is 0.456 e. The molecular formula is C49H31N5O. The lowest BCUT2D eigenvalue weighted by molar-refractivity contribution is 0.669. The van der Waals surface area contributed by atoms with E-state index < -0.39 is 0 Å². The van der Waals surface area contributed by atoms with Gasteiger partial charge in [0.2, 0.25) is 0 Å². The van der Waals surface area contributed by atoms with E-state index in [-0.39, 0.29) is 0 Å². The summed E-state index contributed by atoms with van der Waals surface area (Å²) in [5.74, 6) is 2.37. The zero-order chi connectivity index (χ0) is 36.6. The van der Waals surface area contributed by atoms with Crippen molar-refractivity contribution < 1.29 is 4.42 Å². The Labute approximate surface area is 317 Å². The molecule has 0 spiro atoms. The summed E-state index contributed by atoms with van der Waals surface area (Å²) in [7, 11) is 0. The van der Waals surface area contributed by atoms with Gasteiger partial charge in [0.05, 0.1) is 11.4 Å². The number of benzene rings is 7. The number of fused-ring (bicyclic) bond motifs is 3. The molecular weight excluding hydrogens is 675 g/mol. The zero-order valence-electron chi connectivity index (χ0n) is 29.5. The number of para-hydroxylation sites is 1. The van der Waals surface area contributed by atoms with Gasteiger partial charge in [0.25, 0.3) is 0 Å². The van der Waals surface area contributed by atoms with E-state index in [1.54, 1.807) is 0 Å². The minimum Gasteiger partial charge on any atom is -0.456 e. The van der Waals surface area contributed by atoms with Crippen molar-refractivity contribution in [2.45, 2.75) is 0 Å². The van der Waals surface area contributed by atoms with Gasteiger partial charge in [-0.05, 0) is 41.5 Å². The van der Waals surface area contributed by atoms with Crippen LogP contribution >= 0.6 is 0 Å². The molecule has 10 rings (SSSR count). The Morgan fingerprint density at radius 1 is 0.255 bits per heavy atom. The molecule has 0 amide bonds. The zero-order valence-corrected chi connectivity index (χ0v) is 29.5. The van der Waals surface area contributed by atoms with Crippen molar-refractivity contribution in [1.82, 2.24) is 24.9 Å². The van der Waals surface area contributed by atoms with Crippen LogP contribution in [0.2, 0.25) is 0 Å². The van der Waals surface area contributed by atoms with Crippen molar-refractivity contribution in [2.24, 2.45) is 0 Å². The summed E-state index contributed by atoms with van der Waals surface area (Å²) in [6, 6.07) is 63.5. The summed E-state index contributed by atoms with van der Waals surface area (Å²) in [5, 5.41) is 2.16. The fraction of sp³-hybridized carbons (Fsp3) is 0. The average Bonchev–Trinajstić information content (AvgIpc) is 3.65. The van der Waals surface area contributed by atoms with Crippen molar-refractivity contribution in [3.05, 3.63) is 188 Å². The molecule has 0 N–H and O–H groups in total. The van der Waals surface area contributed by atoms with Crippen LogP contribution in [0.15, 0.2) is 192 Å². The number of hydrogen-bond acceptors (Lipinski definition) is 6. The molecule has 0 aliphatic rings. The van der Waals surface area contributed by atoms with E-state index in [1.165, 1.54) is 5.56 Å². The second kappa shape index (κ2) is 13.8. The highest BCUT2D eigenvalue weighted by molar-refractivity contribution is 6.05. The molecule has 7 aromatic carbocycles. The molecule has 258 valence electrons. The Kier molecular flexibility index (Phi) is 8.04. The maximum Gasteiger partial charge on any atom is 0.164 e. The van der Waals surface area contributed by atoms with Crippen LogP contribution in [-0.4, -0.2) is 24.9 Å². The molecule has 0 radical (unpaired) electrons. The van der Waals surface area contributed by atoms with E-state index in [2.05, 4.69) is 84.9 Å². The fourth-order valence-electron chi connectivity index (χ4n) is 6.96. The molecule has 0 unspecified atom stereocenters. The highest BCUT2D eigenvalue weighted by atomic mass is 16.3. The predicted molar refractivity (Wildman–Crippen MR) is 221 cm³/mol. The minimum atomic E-state index is 0.567. The third kappa shape index (κ3) is 6.32. The summed E-state index contributed by atoms with van der Waals surface area (Å²) in [4.78, 5) is 25.2. The van der Waals surface area contributed by atoms with Gasteiger partial charge >= 0.3 is 0 Å². The highest BCUT2D eigenvalue weighted by Gasteiger charge is 2.16. The molecule has 0 aliphatic heterocycles. The first-order valence-corrected chi connectivity index (χ1v) is 18.2. The molecule has 0 saturated heterocycles. The number of rotatable bonds is 7. The molecule has 0 bridgehead atoms. The van der Waals surface area contributed by atoms with Gasteiger partial charge in [-0.25, -0.2) is 24.9 Å². The summed E-state index contributed by atoms with van der Waals surface area (Å²) in [6.07, 6.45) is 0. The summed E-state index contributed by atoms with van der Waals surface area (Å²) < 4.78 is 6.29. The van der Waals surface area contributed by atoms with Gasteiger partial charge in [0.15, 0.2) is 23.3 Å². The van der Waals surface area contributed by atoms with Gasteiger partial charge in [-0.1, -0.05) is 158 Å². The first kappa shape index (κ1) is 32.1. The summed E-state index contributed by atoms with van der Waals surface area (Å²) >= 11 is 0. The van der Waals surface area contributed by atoms with E-state index in [4.69, 9.17) is 29.3 Å². The van der Waals surface area contributed by atoms with Crippen LogP contribution in [-0.2, 0) is 0 Å². The Balaban J connectivity index is 1.11. The maximum absolute atomic E-state index is 6.29. The predicted octanol–water partition coefficient (Wildman–Crippen LogP) is 12.2. The number of aromatic nitrogens is 5. The van der Waals surface area contributed by atoms with Crippen LogP contribution in [0.25, 0.3) is 101 Å². The van der Waals surface area contributed by atoms with Crippen LogP contribution < -0.4 is 0 Å². The first-order chi connectivity index (χ1) is 27.2. The lowest BCUT2D eigenvalue weighted by Gasteiger charge is -2.12. The van der Waals surface area contributed by atoms with E-state index in [0.717, 1.165) is 72.3 Å². The maximum atomic E-state index is 6.29. The van der Waals surface area contributed by atoms with Crippen molar-refractivity contribution in [1.29, 1.82) is 0 Å². The molecule has 6 nitrogen and oxygen atoms in total. The van der Waals surface area contributed by atoms with E-state index in [9.17, 15) is 0 Å². The van der Waals surface area contributed by atoms with Gasteiger partial charge in [-0.15, -0.1) is 0 Å². The first-order valence-electron chi connectivity index (χ1n) is 18.2. The van der Waals surface area contributed by atoms with Crippen LogP contribution in [0.1, 0.15) is 0 Å². The topological polar surface area (TPSA) is 77.6 Å². The van der Waals surface area contributed by atoms with Gasteiger partial charge in [-0.2, -0.15) is 0 Å². The lowest BCUT2D eigenvalue weighted by Crippen LogP contribution is -2.00. The minimum absolute atomic E-state index is 0.567. The molecule has 0 aliphatic carbocycles. The smallest absolute Gasteiger partial charge is 0.164 e. The molecule has 0 fully saturated rings. The van der Waals surface area contributed by atoms with E-state index >= 15 is 0 Å². The highest BCUT2D eigenvalue weighted by Crippen LogP contribution is 2.35. The molecule has 10 aromatic rings. The Hall–Kier alpha value is -7.57. The number of furan rings is 1. The van der Waals surface area contributed by atoms with E-state index in [0.29, 0.717) is 23.3 Å². The number of hydrogen-bond donors (Lipinski definition) is 0. The third-order valence-corrected chi connectivity index (χ3v) is 9.77. The quantitative estimate of drug-likeness (QED) is 0.164. The Morgan fingerprint density at radius 2 is 0.691 bits per heavy atom. The van der Waals surface area contributed by atoms with Crippen molar-refractivity contribution >= 4 is 21.9 Å². The standard InChI is InChI=1S/C49H31N5O/c1-4-13-32(14-5-1)33-23-25-34(26-24-33)42-31-43(37-27-28-41-40-21-10-11-22-44(40)55-45(41)30-37)51-48(50-42)38-19-12-20-39(29-38)49-53-46(35-15-6-2-7-16-35)52-47(54-49)36-17-8-3-9-18-36/h1-31H. The van der Waals surface area contributed by atoms with Crippen LogP contribution in [0.3, 0.4) is 0 Å². The Bertz CT molecular complexity index is 2900. The van der Waals surface area contributed by atoms with Crippen molar-refractivity contribution in [2.75, 3.05) is 0 Å². The van der Waals surface area contributed by atoms with Gasteiger partial charge in [-0.3, -0.25) is 0 Å².